The van der Waals surface area contributed by atoms with Crippen molar-refractivity contribution in [2.24, 2.45) is 5.92 Å². The standard InChI is InChI=1S/C27H29Cl2NO/c28-25-12-11-22(19-26(25)29)20-30-16-13-21(14-17-30)15-18-31-27(23-7-3-1-4-8-23)24-9-5-2-6-10-24/h1-12,19,21,27H,13-18,20H2. The van der Waals surface area contributed by atoms with Crippen LogP contribution in [0.1, 0.15) is 42.1 Å². The van der Waals surface area contributed by atoms with E-state index in [2.05, 4.69) is 71.6 Å². The number of halogens is 2. The van der Waals surface area contributed by atoms with Crippen LogP contribution >= 0.6 is 23.2 Å². The van der Waals surface area contributed by atoms with Crippen LogP contribution < -0.4 is 0 Å². The highest BCUT2D eigenvalue weighted by atomic mass is 35.5. The van der Waals surface area contributed by atoms with Crippen molar-refractivity contribution in [3.8, 4) is 0 Å². The van der Waals surface area contributed by atoms with Crippen molar-refractivity contribution in [2.45, 2.75) is 31.9 Å². The van der Waals surface area contributed by atoms with Gasteiger partial charge < -0.3 is 4.74 Å². The van der Waals surface area contributed by atoms with Gasteiger partial charge in [0.05, 0.1) is 10.0 Å². The number of rotatable bonds is 8. The molecule has 2 nitrogen and oxygen atoms in total. The van der Waals surface area contributed by atoms with Gasteiger partial charge in [-0.3, -0.25) is 4.90 Å². The molecular formula is C27H29Cl2NO. The predicted octanol–water partition coefficient (Wildman–Crippen LogP) is 7.40. The van der Waals surface area contributed by atoms with E-state index >= 15 is 0 Å². The Kier molecular flexibility index (Phi) is 8.04. The smallest absolute Gasteiger partial charge is 0.108 e. The molecule has 0 saturated carbocycles. The fourth-order valence-corrected chi connectivity index (χ4v) is 4.64. The van der Waals surface area contributed by atoms with E-state index < -0.39 is 0 Å². The third kappa shape index (κ3) is 6.33. The Bertz CT molecular complexity index is 900. The highest BCUT2D eigenvalue weighted by Crippen LogP contribution is 2.29. The van der Waals surface area contributed by atoms with Crippen LogP contribution in [0.3, 0.4) is 0 Å². The third-order valence-corrected chi connectivity index (χ3v) is 6.85. The van der Waals surface area contributed by atoms with Crippen molar-refractivity contribution < 1.29 is 4.74 Å². The Balaban J connectivity index is 1.26. The van der Waals surface area contributed by atoms with Crippen molar-refractivity contribution in [3.63, 3.8) is 0 Å². The second-order valence-electron chi connectivity index (χ2n) is 8.33. The van der Waals surface area contributed by atoms with E-state index in [0.717, 1.165) is 38.6 Å². The molecule has 0 N–H and O–H groups in total. The molecule has 4 rings (SSSR count). The first-order chi connectivity index (χ1) is 15.2. The van der Waals surface area contributed by atoms with E-state index in [1.807, 2.05) is 12.1 Å². The maximum absolute atomic E-state index is 6.42. The minimum absolute atomic E-state index is 0.00265. The van der Waals surface area contributed by atoms with Crippen LogP contribution in [0.15, 0.2) is 78.9 Å². The molecule has 0 radical (unpaired) electrons. The normalized spacial score (nSPS) is 15.5. The molecule has 3 aromatic rings. The summed E-state index contributed by atoms with van der Waals surface area (Å²) in [6.45, 7) is 3.95. The average molecular weight is 454 g/mol. The summed E-state index contributed by atoms with van der Waals surface area (Å²) in [6, 6.07) is 27.0. The van der Waals surface area contributed by atoms with Crippen LogP contribution in [-0.2, 0) is 11.3 Å². The van der Waals surface area contributed by atoms with E-state index in [1.54, 1.807) is 0 Å². The Morgan fingerprint density at radius 2 is 1.42 bits per heavy atom. The van der Waals surface area contributed by atoms with Gasteiger partial charge in [-0.1, -0.05) is 89.9 Å². The first-order valence-electron chi connectivity index (χ1n) is 11.1. The van der Waals surface area contributed by atoms with E-state index in [0.29, 0.717) is 10.0 Å². The molecule has 1 aliphatic heterocycles. The van der Waals surface area contributed by atoms with Crippen LogP contribution in [0.5, 0.6) is 0 Å². The van der Waals surface area contributed by atoms with Gasteiger partial charge in [0.2, 0.25) is 0 Å². The van der Waals surface area contributed by atoms with Crippen LogP contribution in [0.4, 0.5) is 0 Å². The van der Waals surface area contributed by atoms with Crippen LogP contribution in [0.2, 0.25) is 10.0 Å². The number of benzene rings is 3. The zero-order chi connectivity index (χ0) is 21.5. The fraction of sp³-hybridized carbons (Fsp3) is 0.333. The summed E-state index contributed by atoms with van der Waals surface area (Å²) < 4.78 is 6.42. The molecule has 1 fully saturated rings. The quantitative estimate of drug-likeness (QED) is 0.352. The lowest BCUT2D eigenvalue weighted by Crippen LogP contribution is -2.33. The summed E-state index contributed by atoms with van der Waals surface area (Å²) >= 11 is 12.2. The van der Waals surface area contributed by atoms with Gasteiger partial charge in [0.15, 0.2) is 0 Å². The number of hydrogen-bond acceptors (Lipinski definition) is 2. The Morgan fingerprint density at radius 3 is 2.00 bits per heavy atom. The molecule has 0 unspecified atom stereocenters. The van der Waals surface area contributed by atoms with Gasteiger partial charge >= 0.3 is 0 Å². The lowest BCUT2D eigenvalue weighted by Gasteiger charge is -2.32. The van der Waals surface area contributed by atoms with Crippen molar-refractivity contribution in [2.75, 3.05) is 19.7 Å². The highest BCUT2D eigenvalue weighted by Gasteiger charge is 2.21. The third-order valence-electron chi connectivity index (χ3n) is 6.11. The molecule has 0 amide bonds. The first kappa shape index (κ1) is 22.4. The van der Waals surface area contributed by atoms with Gasteiger partial charge in [-0.25, -0.2) is 0 Å². The van der Waals surface area contributed by atoms with E-state index in [9.17, 15) is 0 Å². The van der Waals surface area contributed by atoms with Gasteiger partial charge in [0.1, 0.15) is 6.10 Å². The molecule has 1 heterocycles. The molecular weight excluding hydrogens is 425 g/mol. The Labute approximate surface area is 195 Å². The fourth-order valence-electron chi connectivity index (χ4n) is 4.32. The largest absolute Gasteiger partial charge is 0.369 e. The van der Waals surface area contributed by atoms with Crippen LogP contribution in [0, 0.1) is 5.92 Å². The van der Waals surface area contributed by atoms with Crippen molar-refractivity contribution in [3.05, 3.63) is 106 Å². The summed E-state index contributed by atoms with van der Waals surface area (Å²) in [5.41, 5.74) is 3.65. The summed E-state index contributed by atoms with van der Waals surface area (Å²) in [7, 11) is 0. The van der Waals surface area contributed by atoms with E-state index in [1.165, 1.54) is 29.5 Å². The molecule has 0 atom stereocenters. The molecule has 3 aromatic carbocycles. The number of nitrogens with zero attached hydrogens (tertiary/aromatic N) is 1. The van der Waals surface area contributed by atoms with Crippen LogP contribution in [-0.4, -0.2) is 24.6 Å². The Hall–Kier alpha value is -1.84. The molecule has 0 aliphatic carbocycles. The second-order valence-corrected chi connectivity index (χ2v) is 9.14. The molecule has 31 heavy (non-hydrogen) atoms. The molecule has 0 spiro atoms. The SMILES string of the molecule is Clc1ccc(CN2CCC(CCOC(c3ccccc3)c3ccccc3)CC2)cc1Cl. The summed E-state index contributed by atoms with van der Waals surface area (Å²) in [5.74, 6) is 0.720. The molecule has 1 saturated heterocycles. The molecule has 0 bridgehead atoms. The second kappa shape index (κ2) is 11.2. The predicted molar refractivity (Wildman–Crippen MR) is 130 cm³/mol. The maximum atomic E-state index is 6.42. The molecule has 0 aromatic heterocycles. The minimum Gasteiger partial charge on any atom is -0.369 e. The topological polar surface area (TPSA) is 12.5 Å². The number of likely N-dealkylation sites (tertiary alicyclic amines) is 1. The van der Waals surface area contributed by atoms with Gasteiger partial charge in [-0.2, -0.15) is 0 Å². The van der Waals surface area contributed by atoms with Gasteiger partial charge in [0.25, 0.3) is 0 Å². The summed E-state index contributed by atoms with van der Waals surface area (Å²) in [4.78, 5) is 2.51. The monoisotopic (exact) mass is 453 g/mol. The summed E-state index contributed by atoms with van der Waals surface area (Å²) in [5, 5.41) is 1.26. The molecule has 162 valence electrons. The zero-order valence-corrected chi connectivity index (χ0v) is 19.2. The number of piperidine rings is 1. The lowest BCUT2D eigenvalue weighted by molar-refractivity contribution is 0.0596. The zero-order valence-electron chi connectivity index (χ0n) is 17.7. The van der Waals surface area contributed by atoms with Gasteiger partial charge in [0, 0.05) is 13.2 Å². The first-order valence-corrected chi connectivity index (χ1v) is 11.8. The maximum Gasteiger partial charge on any atom is 0.108 e. The van der Waals surface area contributed by atoms with Gasteiger partial charge in [-0.15, -0.1) is 0 Å². The van der Waals surface area contributed by atoms with Gasteiger partial charge in [-0.05, 0) is 67.1 Å². The summed E-state index contributed by atoms with van der Waals surface area (Å²) in [6.07, 6.45) is 3.53. The van der Waals surface area contributed by atoms with Crippen molar-refractivity contribution >= 4 is 23.2 Å². The minimum atomic E-state index is -0.00265. The van der Waals surface area contributed by atoms with Crippen LogP contribution in [0.25, 0.3) is 0 Å². The van der Waals surface area contributed by atoms with Crippen molar-refractivity contribution in [1.82, 2.24) is 4.90 Å². The molecule has 4 heteroatoms. The number of ether oxygens (including phenoxy) is 1. The van der Waals surface area contributed by atoms with Crippen molar-refractivity contribution in [1.29, 1.82) is 0 Å². The molecule has 1 aliphatic rings. The highest BCUT2D eigenvalue weighted by molar-refractivity contribution is 6.42. The van der Waals surface area contributed by atoms with E-state index in [4.69, 9.17) is 27.9 Å². The lowest BCUT2D eigenvalue weighted by atomic mass is 9.93. The average Bonchev–Trinajstić information content (AvgIpc) is 2.81. The number of hydrogen-bond donors (Lipinski definition) is 0. The van der Waals surface area contributed by atoms with E-state index in [-0.39, 0.29) is 6.10 Å². The Morgan fingerprint density at radius 1 is 0.806 bits per heavy atom.